The average molecular weight is 320 g/mol. The topological polar surface area (TPSA) is 80.8 Å². The molecule has 0 saturated heterocycles. The van der Waals surface area contributed by atoms with Gasteiger partial charge in [0.2, 0.25) is 0 Å². The first-order valence-corrected chi connectivity index (χ1v) is 7.75. The van der Waals surface area contributed by atoms with Crippen LogP contribution in [0, 0.1) is 0 Å². The second-order valence-electron chi connectivity index (χ2n) is 4.15. The zero-order chi connectivity index (χ0) is 15.5. The van der Waals surface area contributed by atoms with Crippen LogP contribution in [0.25, 0.3) is 0 Å². The third-order valence-corrected chi connectivity index (χ3v) is 4.10. The van der Waals surface area contributed by atoms with E-state index in [1.165, 1.54) is 32.4 Å². The zero-order valence-electron chi connectivity index (χ0n) is 11.2. The maximum absolute atomic E-state index is 12.1. The third-order valence-electron chi connectivity index (χ3n) is 2.52. The number of esters is 1. The summed E-state index contributed by atoms with van der Waals surface area (Å²) >= 11 is 5.79. The van der Waals surface area contributed by atoms with Crippen molar-refractivity contribution in [3.05, 3.63) is 28.8 Å². The van der Waals surface area contributed by atoms with E-state index in [1.807, 2.05) is 0 Å². The molecule has 0 aliphatic rings. The van der Waals surface area contributed by atoms with Gasteiger partial charge in [-0.3, -0.25) is 9.59 Å². The van der Waals surface area contributed by atoms with Gasteiger partial charge < -0.3 is 9.64 Å². The quantitative estimate of drug-likeness (QED) is 0.773. The molecule has 1 aromatic carbocycles. The Morgan fingerprint density at radius 2 is 1.95 bits per heavy atom. The Kier molecular flexibility index (Phi) is 5.13. The highest BCUT2D eigenvalue weighted by molar-refractivity contribution is 7.90. The molecule has 1 rings (SSSR count). The van der Waals surface area contributed by atoms with Gasteiger partial charge in [0.15, 0.2) is 9.84 Å². The minimum absolute atomic E-state index is 0.0414. The van der Waals surface area contributed by atoms with Crippen LogP contribution in [0.2, 0.25) is 5.02 Å². The molecule has 110 valence electrons. The number of carbonyl (C=O) groups is 2. The Bertz CT molecular complexity index is 641. The van der Waals surface area contributed by atoms with E-state index in [9.17, 15) is 18.0 Å². The van der Waals surface area contributed by atoms with Crippen LogP contribution in [0.1, 0.15) is 10.4 Å². The van der Waals surface area contributed by atoms with Crippen LogP contribution in [0.15, 0.2) is 23.1 Å². The maximum atomic E-state index is 12.1. The van der Waals surface area contributed by atoms with Crippen molar-refractivity contribution >= 4 is 33.3 Å². The van der Waals surface area contributed by atoms with Crippen molar-refractivity contribution in [1.29, 1.82) is 0 Å². The molecule has 0 spiro atoms. The fraction of sp³-hybridized carbons (Fsp3) is 0.333. The molecule has 0 unspecified atom stereocenters. The van der Waals surface area contributed by atoms with Crippen molar-refractivity contribution in [2.24, 2.45) is 0 Å². The second-order valence-corrected chi connectivity index (χ2v) is 6.55. The molecule has 0 bridgehead atoms. The first-order chi connectivity index (χ1) is 9.16. The van der Waals surface area contributed by atoms with E-state index in [4.69, 9.17) is 11.6 Å². The predicted molar refractivity (Wildman–Crippen MR) is 73.5 cm³/mol. The summed E-state index contributed by atoms with van der Waals surface area (Å²) in [6.45, 7) is -0.230. The van der Waals surface area contributed by atoms with Gasteiger partial charge in [0.05, 0.1) is 17.0 Å². The number of benzene rings is 1. The van der Waals surface area contributed by atoms with Crippen LogP contribution in [-0.4, -0.2) is 52.2 Å². The first kappa shape index (κ1) is 16.5. The molecule has 1 aromatic rings. The highest BCUT2D eigenvalue weighted by Gasteiger charge is 2.19. The third kappa shape index (κ3) is 3.94. The van der Waals surface area contributed by atoms with Crippen LogP contribution in [0.5, 0.6) is 0 Å². The summed E-state index contributed by atoms with van der Waals surface area (Å²) in [5.74, 6) is -1.07. The Morgan fingerprint density at radius 1 is 1.35 bits per heavy atom. The molecule has 1 amide bonds. The first-order valence-electron chi connectivity index (χ1n) is 5.48. The zero-order valence-corrected chi connectivity index (χ0v) is 12.8. The van der Waals surface area contributed by atoms with Crippen LogP contribution in [-0.2, 0) is 19.4 Å². The summed E-state index contributed by atoms with van der Waals surface area (Å²) in [4.78, 5) is 24.2. The Morgan fingerprint density at radius 3 is 2.45 bits per heavy atom. The monoisotopic (exact) mass is 319 g/mol. The van der Waals surface area contributed by atoms with Crippen molar-refractivity contribution in [3.63, 3.8) is 0 Å². The van der Waals surface area contributed by atoms with E-state index >= 15 is 0 Å². The number of ether oxygens (including phenoxy) is 1. The number of hydrogen-bond acceptors (Lipinski definition) is 5. The van der Waals surface area contributed by atoms with Crippen LogP contribution < -0.4 is 0 Å². The van der Waals surface area contributed by atoms with Crippen molar-refractivity contribution in [1.82, 2.24) is 4.90 Å². The number of carbonyl (C=O) groups excluding carboxylic acids is 2. The minimum Gasteiger partial charge on any atom is -0.468 e. The Hall–Kier alpha value is -1.60. The molecule has 0 saturated carbocycles. The number of methoxy groups -OCH3 is 1. The molecule has 0 aromatic heterocycles. The molecule has 0 aliphatic heterocycles. The van der Waals surface area contributed by atoms with Gasteiger partial charge in [-0.25, -0.2) is 8.42 Å². The highest BCUT2D eigenvalue weighted by Crippen LogP contribution is 2.23. The highest BCUT2D eigenvalue weighted by atomic mass is 35.5. The molecule has 6 nitrogen and oxygen atoms in total. The Labute approximate surface area is 122 Å². The lowest BCUT2D eigenvalue weighted by Gasteiger charge is -2.16. The van der Waals surface area contributed by atoms with Crippen molar-refractivity contribution in [3.8, 4) is 0 Å². The van der Waals surface area contributed by atoms with Gasteiger partial charge in [0.25, 0.3) is 5.91 Å². The van der Waals surface area contributed by atoms with Crippen molar-refractivity contribution in [2.75, 3.05) is 27.0 Å². The summed E-state index contributed by atoms with van der Waals surface area (Å²) in [6.07, 6.45) is 1.00. The molecular weight excluding hydrogens is 306 g/mol. The van der Waals surface area contributed by atoms with Gasteiger partial charge in [-0.05, 0) is 18.2 Å². The molecule has 0 N–H and O–H groups in total. The molecule has 0 radical (unpaired) electrons. The van der Waals surface area contributed by atoms with Gasteiger partial charge in [-0.1, -0.05) is 11.6 Å². The number of amides is 1. The lowest BCUT2D eigenvalue weighted by Crippen LogP contribution is -2.32. The predicted octanol–water partition coefficient (Wildman–Crippen LogP) is 0.988. The number of halogens is 1. The lowest BCUT2D eigenvalue weighted by molar-refractivity contribution is -0.141. The molecule has 0 heterocycles. The summed E-state index contributed by atoms with van der Waals surface area (Å²) in [7, 11) is -0.914. The number of likely N-dealkylation sites (N-methyl/N-ethyl adjacent to an activating group) is 1. The fourth-order valence-electron chi connectivity index (χ4n) is 1.47. The largest absolute Gasteiger partial charge is 0.468 e. The van der Waals surface area contributed by atoms with Gasteiger partial charge in [0, 0.05) is 18.9 Å². The van der Waals surface area contributed by atoms with E-state index in [0.29, 0.717) is 0 Å². The fourth-order valence-corrected chi connectivity index (χ4v) is 2.77. The summed E-state index contributed by atoms with van der Waals surface area (Å²) in [5, 5.41) is 0.0414. The van der Waals surface area contributed by atoms with Crippen molar-refractivity contribution in [2.45, 2.75) is 4.90 Å². The van der Waals surface area contributed by atoms with E-state index in [1.54, 1.807) is 0 Å². The number of rotatable bonds is 4. The Balaban J connectivity index is 3.09. The smallest absolute Gasteiger partial charge is 0.325 e. The van der Waals surface area contributed by atoms with Gasteiger partial charge >= 0.3 is 5.97 Å². The lowest BCUT2D eigenvalue weighted by atomic mass is 10.2. The summed E-state index contributed by atoms with van der Waals surface area (Å²) in [5.41, 5.74) is 0.126. The second kappa shape index (κ2) is 6.23. The SMILES string of the molecule is COC(=O)CN(C)C(=O)c1ccc(Cl)c(S(C)(=O)=O)c1. The summed E-state index contributed by atoms with van der Waals surface area (Å²) in [6, 6.07) is 3.91. The minimum atomic E-state index is -3.54. The normalized spacial score (nSPS) is 11.0. The number of sulfone groups is 1. The molecule has 0 aliphatic carbocycles. The van der Waals surface area contributed by atoms with Gasteiger partial charge in [-0.2, -0.15) is 0 Å². The van der Waals surface area contributed by atoms with E-state index in [2.05, 4.69) is 4.74 Å². The van der Waals surface area contributed by atoms with E-state index in [0.717, 1.165) is 11.2 Å². The molecule has 8 heteroatoms. The standard InChI is InChI=1S/C12H14ClNO5S/c1-14(7-11(15)19-2)12(16)8-4-5-9(13)10(6-8)20(3,17)18/h4-6H,7H2,1-3H3. The molecule has 20 heavy (non-hydrogen) atoms. The van der Waals surface area contributed by atoms with Crippen molar-refractivity contribution < 1.29 is 22.7 Å². The molecular formula is C12H14ClNO5S. The molecule has 0 atom stereocenters. The van der Waals surface area contributed by atoms with E-state index < -0.39 is 21.7 Å². The van der Waals surface area contributed by atoms with Crippen LogP contribution >= 0.6 is 11.6 Å². The van der Waals surface area contributed by atoms with Crippen LogP contribution in [0.3, 0.4) is 0 Å². The summed E-state index contributed by atoms with van der Waals surface area (Å²) < 4.78 is 27.5. The number of nitrogens with zero attached hydrogens (tertiary/aromatic N) is 1. The average Bonchev–Trinajstić information content (AvgIpc) is 2.36. The van der Waals surface area contributed by atoms with Gasteiger partial charge in [-0.15, -0.1) is 0 Å². The maximum Gasteiger partial charge on any atom is 0.325 e. The van der Waals surface area contributed by atoms with Gasteiger partial charge in [0.1, 0.15) is 6.54 Å². The molecule has 0 fully saturated rings. The van der Waals surface area contributed by atoms with Crippen LogP contribution in [0.4, 0.5) is 0 Å². The van der Waals surface area contributed by atoms with E-state index in [-0.39, 0.29) is 22.0 Å². The number of hydrogen-bond donors (Lipinski definition) is 0.